The Labute approximate surface area is 125 Å². The first-order valence-electron chi connectivity index (χ1n) is 6.27. The maximum atomic E-state index is 12.0. The fourth-order valence-electron chi connectivity index (χ4n) is 2.40. The van der Waals surface area contributed by atoms with E-state index in [1.807, 2.05) is 0 Å². The number of ether oxygens (including phenoxy) is 1. The van der Waals surface area contributed by atoms with Crippen molar-refractivity contribution in [3.63, 3.8) is 0 Å². The molecule has 1 aliphatic heterocycles. The Hall–Kier alpha value is -1.40. The molecule has 0 bridgehead atoms. The molecule has 20 heavy (non-hydrogen) atoms. The number of amides is 1. The number of aliphatic hydroxyl groups excluding tert-OH is 1. The number of carbonyl (C=O) groups excluding carboxylic acids is 2. The molecule has 0 spiro atoms. The Morgan fingerprint density at radius 2 is 2.25 bits per heavy atom. The molecule has 6 heteroatoms. The zero-order valence-corrected chi connectivity index (χ0v) is 12.9. The number of methoxy groups -OCH3 is 1. The van der Waals surface area contributed by atoms with Crippen LogP contribution in [0.2, 0.25) is 0 Å². The van der Waals surface area contributed by atoms with E-state index in [1.54, 1.807) is 24.0 Å². The van der Waals surface area contributed by atoms with Gasteiger partial charge < -0.3 is 14.7 Å². The van der Waals surface area contributed by atoms with Crippen LogP contribution in [0.15, 0.2) is 16.6 Å². The molecule has 0 aromatic heterocycles. The van der Waals surface area contributed by atoms with E-state index >= 15 is 0 Å². The minimum atomic E-state index is -0.435. The molecule has 1 atom stereocenters. The lowest BCUT2D eigenvalue weighted by Gasteiger charge is -2.21. The standard InChI is InChI=1S/C14H16BrNO4/c1-8-11(14(19)20-2)4-10(15)5-12(8)16-6-9(7-17)3-13(16)18/h4-5,9,17H,3,6-7H2,1-2H3. The highest BCUT2D eigenvalue weighted by molar-refractivity contribution is 9.10. The van der Waals surface area contributed by atoms with Crippen LogP contribution in [0, 0.1) is 12.8 Å². The van der Waals surface area contributed by atoms with Gasteiger partial charge in [-0.3, -0.25) is 4.79 Å². The summed E-state index contributed by atoms with van der Waals surface area (Å²) in [5.41, 5.74) is 1.81. The average molecular weight is 342 g/mol. The predicted octanol–water partition coefficient (Wildman–Crippen LogP) is 1.89. The van der Waals surface area contributed by atoms with Crippen molar-refractivity contribution >= 4 is 33.5 Å². The van der Waals surface area contributed by atoms with Crippen LogP contribution >= 0.6 is 15.9 Å². The first kappa shape index (κ1) is 15.0. The molecular weight excluding hydrogens is 326 g/mol. The average Bonchev–Trinajstić information content (AvgIpc) is 2.81. The van der Waals surface area contributed by atoms with Crippen molar-refractivity contribution in [2.75, 3.05) is 25.2 Å². The van der Waals surface area contributed by atoms with Gasteiger partial charge >= 0.3 is 5.97 Å². The number of rotatable bonds is 3. The molecule has 1 aliphatic rings. The molecular formula is C14H16BrNO4. The van der Waals surface area contributed by atoms with Gasteiger partial charge in [0.25, 0.3) is 0 Å². The van der Waals surface area contributed by atoms with E-state index in [9.17, 15) is 14.7 Å². The Morgan fingerprint density at radius 3 is 2.80 bits per heavy atom. The van der Waals surface area contributed by atoms with Crippen molar-refractivity contribution in [1.29, 1.82) is 0 Å². The van der Waals surface area contributed by atoms with E-state index in [0.29, 0.717) is 34.3 Å². The Morgan fingerprint density at radius 1 is 1.55 bits per heavy atom. The maximum absolute atomic E-state index is 12.0. The van der Waals surface area contributed by atoms with E-state index in [-0.39, 0.29) is 18.4 Å². The summed E-state index contributed by atoms with van der Waals surface area (Å²) in [4.78, 5) is 25.4. The molecule has 5 nitrogen and oxygen atoms in total. The van der Waals surface area contributed by atoms with E-state index in [2.05, 4.69) is 15.9 Å². The molecule has 0 aliphatic carbocycles. The van der Waals surface area contributed by atoms with Crippen LogP contribution in [-0.4, -0.2) is 37.2 Å². The van der Waals surface area contributed by atoms with E-state index in [0.717, 1.165) is 0 Å². The van der Waals surface area contributed by atoms with Gasteiger partial charge in [-0.05, 0) is 24.6 Å². The molecule has 1 N–H and O–H groups in total. The molecule has 1 amide bonds. The summed E-state index contributed by atoms with van der Waals surface area (Å²) in [5, 5.41) is 9.19. The number of hydrogen-bond acceptors (Lipinski definition) is 4. The van der Waals surface area contributed by atoms with Crippen LogP contribution < -0.4 is 4.90 Å². The van der Waals surface area contributed by atoms with Gasteiger partial charge in [-0.2, -0.15) is 0 Å². The fraction of sp³-hybridized carbons (Fsp3) is 0.429. The number of esters is 1. The molecule has 1 saturated heterocycles. The van der Waals surface area contributed by atoms with Gasteiger partial charge in [0.05, 0.1) is 12.7 Å². The first-order valence-corrected chi connectivity index (χ1v) is 7.07. The van der Waals surface area contributed by atoms with Crippen molar-refractivity contribution < 1.29 is 19.4 Å². The van der Waals surface area contributed by atoms with Gasteiger partial charge in [-0.1, -0.05) is 15.9 Å². The summed E-state index contributed by atoms with van der Waals surface area (Å²) in [6.45, 7) is 2.24. The normalized spacial score (nSPS) is 18.5. The third-order valence-electron chi connectivity index (χ3n) is 3.50. The van der Waals surface area contributed by atoms with Gasteiger partial charge in [0.2, 0.25) is 5.91 Å². The molecule has 1 aromatic rings. The summed E-state index contributed by atoms with van der Waals surface area (Å²) in [6, 6.07) is 3.48. The van der Waals surface area contributed by atoms with Crippen LogP contribution in [0.25, 0.3) is 0 Å². The minimum Gasteiger partial charge on any atom is -0.465 e. The number of hydrogen-bond donors (Lipinski definition) is 1. The van der Waals surface area contributed by atoms with Gasteiger partial charge in [0.15, 0.2) is 0 Å². The third-order valence-corrected chi connectivity index (χ3v) is 3.96. The molecule has 2 rings (SSSR count). The number of nitrogens with zero attached hydrogens (tertiary/aromatic N) is 1. The summed E-state index contributed by atoms with van der Waals surface area (Å²) < 4.78 is 5.46. The zero-order chi connectivity index (χ0) is 14.9. The van der Waals surface area contributed by atoms with Gasteiger partial charge in [0, 0.05) is 35.7 Å². The quantitative estimate of drug-likeness (QED) is 0.852. The second-order valence-corrected chi connectivity index (χ2v) is 5.76. The summed E-state index contributed by atoms with van der Waals surface area (Å²) >= 11 is 3.35. The molecule has 1 aromatic carbocycles. The van der Waals surface area contributed by atoms with Crippen LogP contribution in [-0.2, 0) is 9.53 Å². The van der Waals surface area contributed by atoms with Gasteiger partial charge in [-0.25, -0.2) is 4.79 Å². The topological polar surface area (TPSA) is 66.8 Å². The van der Waals surface area contributed by atoms with Crippen molar-refractivity contribution in [2.24, 2.45) is 5.92 Å². The zero-order valence-electron chi connectivity index (χ0n) is 11.4. The first-order chi connectivity index (χ1) is 9.47. The van der Waals surface area contributed by atoms with Crippen molar-refractivity contribution in [2.45, 2.75) is 13.3 Å². The highest BCUT2D eigenvalue weighted by atomic mass is 79.9. The molecule has 0 radical (unpaired) electrons. The largest absolute Gasteiger partial charge is 0.465 e. The molecule has 1 unspecified atom stereocenters. The maximum Gasteiger partial charge on any atom is 0.338 e. The van der Waals surface area contributed by atoms with E-state index in [4.69, 9.17) is 4.74 Å². The van der Waals surface area contributed by atoms with E-state index in [1.165, 1.54) is 7.11 Å². The number of aliphatic hydroxyl groups is 1. The lowest BCUT2D eigenvalue weighted by Crippen LogP contribution is -2.26. The second-order valence-electron chi connectivity index (χ2n) is 4.85. The number of halogens is 1. The van der Waals surface area contributed by atoms with Crippen LogP contribution in [0.4, 0.5) is 5.69 Å². The highest BCUT2D eigenvalue weighted by Crippen LogP contribution is 2.32. The molecule has 108 valence electrons. The van der Waals surface area contributed by atoms with Crippen LogP contribution in [0.3, 0.4) is 0 Å². The SMILES string of the molecule is COC(=O)c1cc(Br)cc(N2CC(CO)CC2=O)c1C. The second kappa shape index (κ2) is 5.93. The fourth-order valence-corrected chi connectivity index (χ4v) is 2.85. The number of carbonyl (C=O) groups is 2. The number of anilines is 1. The highest BCUT2D eigenvalue weighted by Gasteiger charge is 2.32. The van der Waals surface area contributed by atoms with Crippen molar-refractivity contribution in [3.05, 3.63) is 27.7 Å². The summed E-state index contributed by atoms with van der Waals surface area (Å²) in [5.74, 6) is -0.529. The van der Waals surface area contributed by atoms with Gasteiger partial charge in [-0.15, -0.1) is 0 Å². The van der Waals surface area contributed by atoms with Gasteiger partial charge in [0.1, 0.15) is 0 Å². The van der Waals surface area contributed by atoms with Crippen LogP contribution in [0.5, 0.6) is 0 Å². The predicted molar refractivity (Wildman–Crippen MR) is 77.8 cm³/mol. The third kappa shape index (κ3) is 2.71. The number of benzene rings is 1. The molecule has 1 fully saturated rings. The summed E-state index contributed by atoms with van der Waals surface area (Å²) in [6.07, 6.45) is 0.329. The lowest BCUT2D eigenvalue weighted by atomic mass is 10.1. The minimum absolute atomic E-state index is 0.0147. The van der Waals surface area contributed by atoms with Crippen molar-refractivity contribution in [3.8, 4) is 0 Å². The van der Waals surface area contributed by atoms with E-state index < -0.39 is 5.97 Å². The van der Waals surface area contributed by atoms with Crippen LogP contribution in [0.1, 0.15) is 22.3 Å². The molecule has 1 heterocycles. The smallest absolute Gasteiger partial charge is 0.338 e. The van der Waals surface area contributed by atoms with Crippen molar-refractivity contribution in [1.82, 2.24) is 0 Å². The Balaban J connectivity index is 2.44. The lowest BCUT2D eigenvalue weighted by molar-refractivity contribution is -0.117. The Kier molecular flexibility index (Phi) is 4.45. The summed E-state index contributed by atoms with van der Waals surface area (Å²) in [7, 11) is 1.32. The Bertz CT molecular complexity index is 558. The monoisotopic (exact) mass is 341 g/mol. The molecule has 0 saturated carbocycles.